The zero-order valence-corrected chi connectivity index (χ0v) is 12.4. The predicted molar refractivity (Wildman–Crippen MR) is 80.8 cm³/mol. The molecule has 2 aromatic rings. The summed E-state index contributed by atoms with van der Waals surface area (Å²) in [6.45, 7) is 3.49. The third-order valence-corrected chi connectivity index (χ3v) is 3.92. The molecule has 1 aromatic carbocycles. The summed E-state index contributed by atoms with van der Waals surface area (Å²) in [6.07, 6.45) is 0. The number of carboxylic acids is 1. The van der Waals surface area contributed by atoms with Gasteiger partial charge in [0.05, 0.1) is 11.6 Å². The van der Waals surface area contributed by atoms with Crippen LogP contribution in [0.5, 0.6) is 0 Å². The van der Waals surface area contributed by atoms with Crippen LogP contribution in [0.2, 0.25) is 0 Å². The first-order chi connectivity index (χ1) is 9.88. The number of anilines is 1. The van der Waals surface area contributed by atoms with Crippen molar-refractivity contribution in [3.8, 4) is 0 Å². The van der Waals surface area contributed by atoms with Crippen LogP contribution in [0.3, 0.4) is 0 Å². The number of carbonyl (C=O) groups excluding carboxylic acids is 1. The normalized spacial score (nSPS) is 12.0. The first-order valence-corrected chi connectivity index (χ1v) is 7.12. The van der Waals surface area contributed by atoms with Crippen LogP contribution in [-0.2, 0) is 0 Å². The van der Waals surface area contributed by atoms with Crippen LogP contribution in [0.15, 0.2) is 23.6 Å². The molecule has 0 fully saturated rings. The number of nitrogens with one attached hydrogen (secondary N) is 1. The number of nitrogens with zero attached hydrogens (tertiary/aromatic N) is 1. The highest BCUT2D eigenvalue weighted by atomic mass is 32.1. The lowest BCUT2D eigenvalue weighted by Crippen LogP contribution is -2.14. The van der Waals surface area contributed by atoms with Crippen LogP contribution in [0.25, 0.3) is 0 Å². The zero-order valence-electron chi connectivity index (χ0n) is 11.6. The van der Waals surface area contributed by atoms with Gasteiger partial charge in [-0.2, -0.15) is 0 Å². The second-order valence-corrected chi connectivity index (χ2v) is 5.54. The van der Waals surface area contributed by atoms with Gasteiger partial charge in [-0.1, -0.05) is 6.07 Å². The molecule has 1 atom stereocenters. The first-order valence-electron chi connectivity index (χ1n) is 6.24. The van der Waals surface area contributed by atoms with E-state index in [0.29, 0.717) is 16.3 Å². The number of rotatable bonds is 4. The van der Waals surface area contributed by atoms with Crippen molar-refractivity contribution in [3.63, 3.8) is 0 Å². The van der Waals surface area contributed by atoms with E-state index in [1.165, 1.54) is 17.4 Å². The van der Waals surface area contributed by atoms with Crippen molar-refractivity contribution in [1.82, 2.24) is 4.98 Å². The van der Waals surface area contributed by atoms with E-state index in [2.05, 4.69) is 10.3 Å². The summed E-state index contributed by atoms with van der Waals surface area (Å²) in [6, 6.07) is 4.50. The Bertz CT molecular complexity index is 695. The molecule has 6 nitrogen and oxygen atoms in total. The van der Waals surface area contributed by atoms with Gasteiger partial charge in [-0.25, -0.2) is 9.78 Å². The molecule has 0 bridgehead atoms. The fourth-order valence-corrected chi connectivity index (χ4v) is 2.48. The Balaban J connectivity index is 2.19. The van der Waals surface area contributed by atoms with E-state index >= 15 is 0 Å². The number of thiazole rings is 1. The van der Waals surface area contributed by atoms with E-state index in [1.54, 1.807) is 31.4 Å². The van der Waals surface area contributed by atoms with Crippen molar-refractivity contribution in [1.29, 1.82) is 0 Å². The second kappa shape index (κ2) is 6.02. The number of carbonyl (C=O) groups is 2. The standard InChI is InChI=1S/C14H15N3O3S/c1-7-3-4-9(5-10(7)14(19)20)16-12(18)11-6-21-13(17-11)8(2)15/h3-6,8H,15H2,1-2H3,(H,16,18)(H,19,20). The summed E-state index contributed by atoms with van der Waals surface area (Å²) in [5.74, 6) is -1.42. The van der Waals surface area contributed by atoms with E-state index in [4.69, 9.17) is 10.8 Å². The van der Waals surface area contributed by atoms with Gasteiger partial charge < -0.3 is 16.2 Å². The molecule has 1 unspecified atom stereocenters. The van der Waals surface area contributed by atoms with Crippen LogP contribution < -0.4 is 11.1 Å². The number of carboxylic acid groups (broad SMARTS) is 1. The second-order valence-electron chi connectivity index (χ2n) is 4.65. The van der Waals surface area contributed by atoms with Gasteiger partial charge >= 0.3 is 5.97 Å². The summed E-state index contributed by atoms with van der Waals surface area (Å²) in [4.78, 5) is 27.3. The van der Waals surface area contributed by atoms with Crippen LogP contribution in [-0.4, -0.2) is 22.0 Å². The van der Waals surface area contributed by atoms with Crippen molar-refractivity contribution in [2.24, 2.45) is 5.73 Å². The molecule has 4 N–H and O–H groups in total. The van der Waals surface area contributed by atoms with Crippen LogP contribution in [0.1, 0.15) is 44.4 Å². The van der Waals surface area contributed by atoms with Gasteiger partial charge in [0.25, 0.3) is 5.91 Å². The van der Waals surface area contributed by atoms with Gasteiger partial charge in [0.2, 0.25) is 0 Å². The number of aryl methyl sites for hydroxylation is 1. The molecule has 1 aromatic heterocycles. The van der Waals surface area contributed by atoms with Gasteiger partial charge in [-0.05, 0) is 31.5 Å². The topological polar surface area (TPSA) is 105 Å². The lowest BCUT2D eigenvalue weighted by Gasteiger charge is -2.06. The summed E-state index contributed by atoms with van der Waals surface area (Å²) in [5.41, 5.74) is 7.17. The first kappa shape index (κ1) is 15.1. The summed E-state index contributed by atoms with van der Waals surface area (Å²) in [7, 11) is 0. The lowest BCUT2D eigenvalue weighted by molar-refractivity contribution is 0.0695. The molecule has 7 heteroatoms. The third-order valence-electron chi connectivity index (χ3n) is 2.87. The largest absolute Gasteiger partial charge is 0.478 e. The van der Waals surface area contributed by atoms with Gasteiger partial charge in [-0.15, -0.1) is 11.3 Å². The molecule has 0 saturated heterocycles. The number of hydrogen-bond acceptors (Lipinski definition) is 5. The maximum absolute atomic E-state index is 12.1. The smallest absolute Gasteiger partial charge is 0.336 e. The minimum Gasteiger partial charge on any atom is -0.478 e. The highest BCUT2D eigenvalue weighted by Crippen LogP contribution is 2.19. The van der Waals surface area contributed by atoms with E-state index in [0.717, 1.165) is 0 Å². The van der Waals surface area contributed by atoms with Crippen molar-refractivity contribution in [2.45, 2.75) is 19.9 Å². The number of nitrogens with two attached hydrogens (primary N) is 1. The average molecular weight is 305 g/mol. The molecular weight excluding hydrogens is 290 g/mol. The Hall–Kier alpha value is -2.25. The van der Waals surface area contributed by atoms with Crippen molar-refractivity contribution >= 4 is 28.9 Å². The van der Waals surface area contributed by atoms with Crippen molar-refractivity contribution in [3.05, 3.63) is 45.4 Å². The average Bonchev–Trinajstić information content (AvgIpc) is 2.90. The number of hydrogen-bond donors (Lipinski definition) is 3. The predicted octanol–water partition coefficient (Wildman–Crippen LogP) is 2.42. The van der Waals surface area contributed by atoms with Crippen LogP contribution in [0.4, 0.5) is 5.69 Å². The monoisotopic (exact) mass is 305 g/mol. The van der Waals surface area contributed by atoms with Crippen molar-refractivity contribution in [2.75, 3.05) is 5.32 Å². The third kappa shape index (κ3) is 3.45. The number of benzene rings is 1. The highest BCUT2D eigenvalue weighted by Gasteiger charge is 2.14. The van der Waals surface area contributed by atoms with Crippen molar-refractivity contribution < 1.29 is 14.7 Å². The lowest BCUT2D eigenvalue weighted by atomic mass is 10.1. The fraction of sp³-hybridized carbons (Fsp3) is 0.214. The van der Waals surface area contributed by atoms with E-state index in [1.807, 2.05) is 0 Å². The Kier molecular flexibility index (Phi) is 4.35. The molecule has 0 aliphatic heterocycles. The SMILES string of the molecule is Cc1ccc(NC(=O)c2csc(C(C)N)n2)cc1C(=O)O. The van der Waals surface area contributed by atoms with Crippen LogP contribution >= 0.6 is 11.3 Å². The summed E-state index contributed by atoms with van der Waals surface area (Å²) < 4.78 is 0. The molecule has 110 valence electrons. The number of aromatic nitrogens is 1. The maximum atomic E-state index is 12.1. The van der Waals surface area contributed by atoms with Crippen LogP contribution in [0, 0.1) is 6.92 Å². The van der Waals surface area contributed by atoms with E-state index in [-0.39, 0.29) is 17.3 Å². The fourth-order valence-electron chi connectivity index (χ4n) is 1.73. The van der Waals surface area contributed by atoms with Gasteiger partial charge in [0, 0.05) is 11.1 Å². The Morgan fingerprint density at radius 3 is 2.71 bits per heavy atom. The Morgan fingerprint density at radius 2 is 2.14 bits per heavy atom. The Labute approximate surface area is 125 Å². The van der Waals surface area contributed by atoms with E-state index < -0.39 is 11.9 Å². The van der Waals surface area contributed by atoms with Gasteiger partial charge in [-0.3, -0.25) is 4.79 Å². The van der Waals surface area contributed by atoms with E-state index in [9.17, 15) is 9.59 Å². The minimum atomic E-state index is -1.03. The molecule has 0 radical (unpaired) electrons. The summed E-state index contributed by atoms with van der Waals surface area (Å²) >= 11 is 1.32. The van der Waals surface area contributed by atoms with Gasteiger partial charge in [0.15, 0.2) is 0 Å². The van der Waals surface area contributed by atoms with Gasteiger partial charge in [0.1, 0.15) is 10.7 Å². The highest BCUT2D eigenvalue weighted by molar-refractivity contribution is 7.09. The zero-order chi connectivity index (χ0) is 15.6. The molecular formula is C14H15N3O3S. The molecule has 0 aliphatic rings. The molecule has 0 saturated carbocycles. The molecule has 0 aliphatic carbocycles. The molecule has 1 heterocycles. The maximum Gasteiger partial charge on any atom is 0.336 e. The number of aromatic carboxylic acids is 1. The number of amides is 1. The molecule has 0 spiro atoms. The Morgan fingerprint density at radius 1 is 1.43 bits per heavy atom. The quantitative estimate of drug-likeness (QED) is 0.804. The minimum absolute atomic E-state index is 0.155. The molecule has 1 amide bonds. The molecule has 21 heavy (non-hydrogen) atoms. The summed E-state index contributed by atoms with van der Waals surface area (Å²) in [5, 5.41) is 14.0. The molecule has 2 rings (SSSR count).